The quantitative estimate of drug-likeness (QED) is 0.0952. The number of aliphatic hydroxyl groups excluding tert-OH is 2. The Labute approximate surface area is 322 Å². The summed E-state index contributed by atoms with van der Waals surface area (Å²) in [4.78, 5) is 30.9. The first-order valence-electron chi connectivity index (χ1n) is 18.5. The van der Waals surface area contributed by atoms with E-state index < -0.39 is 24.3 Å². The molecule has 0 unspecified atom stereocenters. The van der Waals surface area contributed by atoms with Gasteiger partial charge in [0.15, 0.2) is 22.8 Å². The number of imidazole rings is 1. The van der Waals surface area contributed by atoms with E-state index in [4.69, 9.17) is 15.0 Å². The number of carbonyl (C=O) groups is 1. The summed E-state index contributed by atoms with van der Waals surface area (Å²) in [6, 6.07) is 12.6. The number of aryl methyl sites for hydroxylation is 1. The van der Waals surface area contributed by atoms with Crippen LogP contribution in [-0.2, 0) is 6.42 Å². The molecule has 8 N–H and O–H groups in total. The number of nitrogens with zero attached hydrogens (tertiary/aromatic N) is 9. The summed E-state index contributed by atoms with van der Waals surface area (Å²) >= 11 is 0. The smallest absolute Gasteiger partial charge is 0.315 e. The van der Waals surface area contributed by atoms with Crippen molar-refractivity contribution in [1.82, 2.24) is 55.7 Å². The van der Waals surface area contributed by atoms with Gasteiger partial charge in [-0.1, -0.05) is 31.2 Å². The minimum Gasteiger partial charge on any atom is -0.508 e. The number of phenols is 2. The molecule has 2 saturated heterocycles. The Hall–Kier alpha value is -5.30. The van der Waals surface area contributed by atoms with Crippen molar-refractivity contribution < 1.29 is 25.2 Å². The molecule has 5 aromatic rings. The molecule has 0 bridgehead atoms. The maximum Gasteiger partial charge on any atom is 0.315 e. The molecule has 8 rings (SSSR count). The fourth-order valence-corrected chi connectivity index (χ4v) is 7.73. The lowest BCUT2D eigenvalue weighted by Crippen LogP contribution is -2.47. The molecule has 2 aliphatic heterocycles. The molecule has 0 radical (unpaired) electrons. The summed E-state index contributed by atoms with van der Waals surface area (Å²) in [6.45, 7) is 5.02. The second kappa shape index (κ2) is 16.2. The molecular weight excluding hydrogens is 730 g/mol. The molecule has 18 nitrogen and oxygen atoms in total. The van der Waals surface area contributed by atoms with Crippen LogP contribution in [0.2, 0.25) is 0 Å². The van der Waals surface area contributed by atoms with Gasteiger partial charge in [-0.25, -0.2) is 9.78 Å². The Kier molecular flexibility index (Phi) is 11.2. The van der Waals surface area contributed by atoms with Crippen LogP contribution >= 0.6 is 12.4 Å². The maximum absolute atomic E-state index is 12.8. The molecule has 1 aliphatic carbocycles. The second-order valence-corrected chi connectivity index (χ2v) is 14.3. The number of benzene rings is 2. The number of phenolic OH excluding ortho intramolecular Hbond substituents is 2. The van der Waals surface area contributed by atoms with E-state index in [0.717, 1.165) is 30.6 Å². The zero-order valence-corrected chi connectivity index (χ0v) is 31.0. The Morgan fingerprint density at radius 3 is 2.29 bits per heavy atom. The lowest BCUT2D eigenvalue weighted by Gasteiger charge is -2.22. The molecule has 55 heavy (non-hydrogen) atoms. The van der Waals surface area contributed by atoms with Gasteiger partial charge in [-0.3, -0.25) is 0 Å². The fourth-order valence-electron chi connectivity index (χ4n) is 7.73. The van der Waals surface area contributed by atoms with Crippen molar-refractivity contribution in [3.8, 4) is 11.5 Å². The number of aliphatic hydroxyl groups is 2. The number of carbonyl (C=O) groups excluding carboxylic acids is 1. The van der Waals surface area contributed by atoms with E-state index in [1.165, 1.54) is 4.80 Å². The second-order valence-electron chi connectivity index (χ2n) is 14.3. The van der Waals surface area contributed by atoms with Crippen LogP contribution in [0.5, 0.6) is 11.5 Å². The molecule has 3 fully saturated rings. The molecule has 5 heterocycles. The van der Waals surface area contributed by atoms with Crippen LogP contribution in [0.15, 0.2) is 54.9 Å². The minimum absolute atomic E-state index is 0. The van der Waals surface area contributed by atoms with E-state index in [9.17, 15) is 25.2 Å². The first-order valence-corrected chi connectivity index (χ1v) is 18.5. The first-order chi connectivity index (χ1) is 26.2. The number of hydrogen-bond donors (Lipinski definition) is 8. The van der Waals surface area contributed by atoms with Crippen molar-refractivity contribution in [2.45, 2.75) is 74.9 Å². The average molecular weight is 776 g/mol. The standard InChI is InChI=1S/C36H45N13O5.ClH/c1-2-29-44-46-49(45-29)28-15-27(31(52)32(28)53)48-19-39-30-33(38-17-26(20-3-7-24(50)8-4-20)21-5-9-25(51)10-6-21)42-35(43-34(30)48)47-14-12-23(18-47)41-36(54)40-22-11-13-37-16-22;/h3-10,19,22-23,26-28,31-32,37,50-53H,2,11-18H2,1H3,(H,38,42,43)(H2,40,41,54);1H/t22-,23-,27-,28+,31+,32-;/m1./s1. The van der Waals surface area contributed by atoms with Gasteiger partial charge in [0.1, 0.15) is 29.7 Å². The number of aromatic hydroxyl groups is 2. The Bertz CT molecular complexity index is 2030. The molecule has 3 aliphatic rings. The topological polar surface area (TPSA) is 237 Å². The summed E-state index contributed by atoms with van der Waals surface area (Å²) < 4.78 is 1.78. The van der Waals surface area contributed by atoms with Crippen molar-refractivity contribution in [2.24, 2.45) is 0 Å². The van der Waals surface area contributed by atoms with Gasteiger partial charge in [0.25, 0.3) is 0 Å². The average Bonchev–Trinajstić information content (AvgIpc) is 4.03. The highest BCUT2D eigenvalue weighted by molar-refractivity contribution is 5.85. The van der Waals surface area contributed by atoms with E-state index >= 15 is 0 Å². The number of aromatic nitrogens is 8. The van der Waals surface area contributed by atoms with E-state index in [2.05, 4.69) is 36.7 Å². The van der Waals surface area contributed by atoms with Gasteiger partial charge >= 0.3 is 6.03 Å². The van der Waals surface area contributed by atoms with Crippen LogP contribution in [0.1, 0.15) is 61.1 Å². The molecule has 6 atom stereocenters. The van der Waals surface area contributed by atoms with Crippen molar-refractivity contribution in [2.75, 3.05) is 42.9 Å². The molecule has 2 amide bonds. The normalized spacial score (nSPS) is 23.7. The third-order valence-corrected chi connectivity index (χ3v) is 10.7. The summed E-state index contributed by atoms with van der Waals surface area (Å²) in [5, 5.41) is 68.1. The summed E-state index contributed by atoms with van der Waals surface area (Å²) in [5.41, 5.74) is 2.81. The van der Waals surface area contributed by atoms with Crippen molar-refractivity contribution in [3.63, 3.8) is 0 Å². The van der Waals surface area contributed by atoms with Gasteiger partial charge in [-0.05, 0) is 66.4 Å². The third kappa shape index (κ3) is 7.93. The van der Waals surface area contributed by atoms with E-state index in [0.29, 0.717) is 67.7 Å². The van der Waals surface area contributed by atoms with Crippen LogP contribution in [0.3, 0.4) is 0 Å². The summed E-state index contributed by atoms with van der Waals surface area (Å²) in [6.07, 6.45) is 1.77. The number of nitrogens with one attached hydrogen (secondary N) is 4. The highest BCUT2D eigenvalue weighted by atomic mass is 35.5. The van der Waals surface area contributed by atoms with Crippen LogP contribution < -0.4 is 26.2 Å². The summed E-state index contributed by atoms with van der Waals surface area (Å²) in [5.74, 6) is 1.55. The van der Waals surface area contributed by atoms with Crippen LogP contribution in [0, 0.1) is 0 Å². The Morgan fingerprint density at radius 1 is 0.945 bits per heavy atom. The molecule has 292 valence electrons. The van der Waals surface area contributed by atoms with Gasteiger partial charge in [-0.15, -0.1) is 22.6 Å². The van der Waals surface area contributed by atoms with Crippen molar-refractivity contribution in [1.29, 1.82) is 0 Å². The summed E-state index contributed by atoms with van der Waals surface area (Å²) in [7, 11) is 0. The predicted molar refractivity (Wildman–Crippen MR) is 205 cm³/mol. The highest BCUT2D eigenvalue weighted by Crippen LogP contribution is 2.40. The molecule has 3 aromatic heterocycles. The molecular formula is C36H46ClN13O5. The van der Waals surface area contributed by atoms with Crippen LogP contribution in [-0.4, -0.2) is 123 Å². The molecule has 2 aromatic carbocycles. The monoisotopic (exact) mass is 775 g/mol. The lowest BCUT2D eigenvalue weighted by molar-refractivity contribution is 0.00473. The Morgan fingerprint density at radius 2 is 1.64 bits per heavy atom. The van der Waals surface area contributed by atoms with E-state index in [1.807, 2.05) is 36.1 Å². The third-order valence-electron chi connectivity index (χ3n) is 10.7. The van der Waals surface area contributed by atoms with E-state index in [-0.39, 0.29) is 47.9 Å². The molecule has 19 heteroatoms. The largest absolute Gasteiger partial charge is 0.508 e. The number of anilines is 2. The number of tetrazole rings is 1. The maximum atomic E-state index is 12.8. The number of urea groups is 1. The minimum atomic E-state index is -1.17. The lowest BCUT2D eigenvalue weighted by atomic mass is 9.91. The van der Waals surface area contributed by atoms with Crippen LogP contribution in [0.4, 0.5) is 16.6 Å². The zero-order chi connectivity index (χ0) is 37.3. The number of fused-ring (bicyclic) bond motifs is 1. The zero-order valence-electron chi connectivity index (χ0n) is 30.2. The number of rotatable bonds is 11. The van der Waals surface area contributed by atoms with E-state index in [1.54, 1.807) is 35.2 Å². The van der Waals surface area contributed by atoms with Gasteiger partial charge in [0, 0.05) is 50.6 Å². The number of hydrogen-bond acceptors (Lipinski definition) is 14. The van der Waals surface area contributed by atoms with Crippen molar-refractivity contribution >= 4 is 41.4 Å². The predicted octanol–water partition coefficient (Wildman–Crippen LogP) is 1.60. The van der Waals surface area contributed by atoms with Crippen LogP contribution in [0.25, 0.3) is 11.2 Å². The van der Waals surface area contributed by atoms with Gasteiger partial charge in [0.2, 0.25) is 5.95 Å². The first kappa shape index (κ1) is 38.0. The number of amides is 2. The van der Waals surface area contributed by atoms with Gasteiger partial charge in [-0.2, -0.15) is 14.8 Å². The molecule has 0 spiro atoms. The van der Waals surface area contributed by atoms with Gasteiger partial charge in [0.05, 0.1) is 12.4 Å². The highest BCUT2D eigenvalue weighted by Gasteiger charge is 2.45. The fraction of sp³-hybridized carbons (Fsp3) is 0.472. The molecule has 1 saturated carbocycles. The Balaban J connectivity index is 0.00000465. The van der Waals surface area contributed by atoms with Crippen molar-refractivity contribution in [3.05, 3.63) is 71.8 Å². The SMILES string of the molecule is CCc1nnn([C@H]2C[C@@H](n3cnc4c(NCC(c5ccc(O)cc5)c5ccc(O)cc5)nc(N5CC[C@@H](NC(=O)N[C@@H]6CCNC6)C5)nc43)[C@H](O)[C@@H]2O)n1.Cl. The van der Waals surface area contributed by atoms with Gasteiger partial charge < -0.3 is 51.2 Å². The number of halogens is 1.